The molecule has 0 saturated carbocycles. The van der Waals surface area contributed by atoms with Gasteiger partial charge in [-0.25, -0.2) is 9.97 Å². The molecule has 0 radical (unpaired) electrons. The second kappa shape index (κ2) is 9.39. The Labute approximate surface area is 199 Å². The minimum absolute atomic E-state index is 0.562. The molecule has 34 heavy (non-hydrogen) atoms. The highest BCUT2D eigenvalue weighted by Gasteiger charge is 2.22. The van der Waals surface area contributed by atoms with E-state index in [0.29, 0.717) is 6.61 Å². The predicted molar refractivity (Wildman–Crippen MR) is 134 cm³/mol. The Balaban J connectivity index is 1.19. The Morgan fingerprint density at radius 3 is 2.82 bits per heavy atom. The van der Waals surface area contributed by atoms with Crippen LogP contribution in [0.2, 0.25) is 0 Å². The lowest BCUT2D eigenvalue weighted by molar-refractivity contribution is 0.243. The molecule has 2 aliphatic rings. The summed E-state index contributed by atoms with van der Waals surface area (Å²) in [7, 11) is 0. The molecular weight excluding hydrogens is 422 g/mol. The van der Waals surface area contributed by atoms with Crippen LogP contribution in [0.3, 0.4) is 0 Å². The van der Waals surface area contributed by atoms with Crippen LogP contribution >= 0.6 is 0 Å². The standard InChI is InChI=1S/C28H29N5O/c1-2-7-20(8-3-1)19-34-26-11-6-10-24-27(26)22(16-30-24)18-33-14-12-23-21(17-33)15-31-28(32-23)25-9-4-5-13-29-25/h1-3,6-8,10-11,15-16,30H,4-5,9,12-14,17-19H2. The SMILES string of the molecule is c1ccc(COc2cccc3[nH]cc(CN4CCc5nc(C6=NCCCC6)ncc5C4)c23)cc1. The van der Waals surface area contributed by atoms with Crippen LogP contribution < -0.4 is 4.74 Å². The molecule has 4 aromatic rings. The van der Waals surface area contributed by atoms with E-state index in [0.717, 1.165) is 61.8 Å². The summed E-state index contributed by atoms with van der Waals surface area (Å²) in [5.74, 6) is 1.76. The number of benzene rings is 2. The van der Waals surface area contributed by atoms with Crippen molar-refractivity contribution in [3.05, 3.63) is 89.1 Å². The Morgan fingerprint density at radius 2 is 1.94 bits per heavy atom. The first kappa shape index (κ1) is 21.1. The van der Waals surface area contributed by atoms with Gasteiger partial charge in [0.05, 0.1) is 11.4 Å². The Morgan fingerprint density at radius 1 is 1.00 bits per heavy atom. The van der Waals surface area contributed by atoms with Crippen LogP contribution in [0.1, 0.15) is 47.5 Å². The molecule has 6 heteroatoms. The molecule has 0 unspecified atom stereocenters. The van der Waals surface area contributed by atoms with Gasteiger partial charge in [0.1, 0.15) is 12.4 Å². The van der Waals surface area contributed by atoms with E-state index in [2.05, 4.69) is 50.3 Å². The zero-order chi connectivity index (χ0) is 22.7. The van der Waals surface area contributed by atoms with Crippen LogP contribution in [0, 0.1) is 0 Å². The summed E-state index contributed by atoms with van der Waals surface area (Å²) in [4.78, 5) is 20.1. The molecule has 0 fully saturated rings. The van der Waals surface area contributed by atoms with Crippen molar-refractivity contribution in [1.29, 1.82) is 0 Å². The highest BCUT2D eigenvalue weighted by molar-refractivity contribution is 5.97. The fraction of sp³-hybridized carbons (Fsp3) is 0.321. The number of fused-ring (bicyclic) bond motifs is 2. The third-order valence-electron chi connectivity index (χ3n) is 6.78. The minimum atomic E-state index is 0.562. The van der Waals surface area contributed by atoms with Gasteiger partial charge in [0.25, 0.3) is 0 Å². The van der Waals surface area contributed by atoms with E-state index in [1.54, 1.807) is 0 Å². The van der Waals surface area contributed by atoms with Crippen molar-refractivity contribution < 1.29 is 4.74 Å². The number of hydrogen-bond acceptors (Lipinski definition) is 5. The van der Waals surface area contributed by atoms with Gasteiger partial charge in [0.2, 0.25) is 0 Å². The first-order valence-corrected chi connectivity index (χ1v) is 12.2. The highest BCUT2D eigenvalue weighted by Crippen LogP contribution is 2.31. The average molecular weight is 452 g/mol. The molecule has 1 N–H and O–H groups in total. The van der Waals surface area contributed by atoms with Crippen molar-refractivity contribution in [2.75, 3.05) is 13.1 Å². The third kappa shape index (κ3) is 4.33. The number of hydrogen-bond donors (Lipinski definition) is 1. The summed E-state index contributed by atoms with van der Waals surface area (Å²) in [6.45, 7) is 4.18. The maximum Gasteiger partial charge on any atom is 0.173 e. The number of aliphatic imine (C=N–C) groups is 1. The monoisotopic (exact) mass is 451 g/mol. The lowest BCUT2D eigenvalue weighted by Gasteiger charge is -2.28. The Kier molecular flexibility index (Phi) is 5.81. The van der Waals surface area contributed by atoms with Gasteiger partial charge in [-0.2, -0.15) is 0 Å². The predicted octanol–water partition coefficient (Wildman–Crippen LogP) is 5.07. The Bertz CT molecular complexity index is 1330. The quantitative estimate of drug-likeness (QED) is 0.445. The Hall–Kier alpha value is -3.51. The molecule has 0 atom stereocenters. The molecule has 0 aliphatic carbocycles. The molecule has 0 amide bonds. The molecule has 2 aliphatic heterocycles. The van der Waals surface area contributed by atoms with Crippen molar-refractivity contribution in [2.24, 2.45) is 4.99 Å². The van der Waals surface area contributed by atoms with Crippen LogP contribution in [-0.2, 0) is 26.1 Å². The van der Waals surface area contributed by atoms with E-state index in [1.165, 1.54) is 40.6 Å². The van der Waals surface area contributed by atoms with Crippen LogP contribution in [0.15, 0.2) is 65.9 Å². The van der Waals surface area contributed by atoms with Crippen molar-refractivity contribution >= 4 is 16.6 Å². The number of rotatable bonds is 6. The van der Waals surface area contributed by atoms with Crippen molar-refractivity contribution in [3.63, 3.8) is 0 Å². The smallest absolute Gasteiger partial charge is 0.173 e. The van der Waals surface area contributed by atoms with E-state index >= 15 is 0 Å². The van der Waals surface area contributed by atoms with Gasteiger partial charge >= 0.3 is 0 Å². The maximum absolute atomic E-state index is 6.25. The van der Waals surface area contributed by atoms with Gasteiger partial charge < -0.3 is 9.72 Å². The van der Waals surface area contributed by atoms with Gasteiger partial charge in [0, 0.05) is 61.5 Å². The second-order valence-corrected chi connectivity index (χ2v) is 9.18. The summed E-state index contributed by atoms with van der Waals surface area (Å²) in [6, 6.07) is 16.5. The molecule has 6 nitrogen and oxygen atoms in total. The van der Waals surface area contributed by atoms with Gasteiger partial charge in [-0.05, 0) is 42.5 Å². The normalized spacial score (nSPS) is 16.3. The van der Waals surface area contributed by atoms with E-state index in [1.807, 2.05) is 30.5 Å². The molecule has 2 aromatic carbocycles. The second-order valence-electron chi connectivity index (χ2n) is 9.18. The summed E-state index contributed by atoms with van der Waals surface area (Å²) < 4.78 is 6.25. The zero-order valence-corrected chi connectivity index (χ0v) is 19.3. The van der Waals surface area contributed by atoms with E-state index in [9.17, 15) is 0 Å². The van der Waals surface area contributed by atoms with Gasteiger partial charge in [-0.3, -0.25) is 9.89 Å². The van der Waals surface area contributed by atoms with E-state index in [-0.39, 0.29) is 0 Å². The summed E-state index contributed by atoms with van der Waals surface area (Å²) in [5.41, 5.74) is 7.03. The van der Waals surface area contributed by atoms with Crippen LogP contribution in [0.25, 0.3) is 10.9 Å². The van der Waals surface area contributed by atoms with Gasteiger partial charge in [-0.15, -0.1) is 0 Å². The van der Waals surface area contributed by atoms with E-state index in [4.69, 9.17) is 9.72 Å². The number of aromatic nitrogens is 3. The van der Waals surface area contributed by atoms with Gasteiger partial charge in [-0.1, -0.05) is 36.4 Å². The number of ether oxygens (including phenoxy) is 1. The minimum Gasteiger partial charge on any atom is -0.488 e. The summed E-state index contributed by atoms with van der Waals surface area (Å²) >= 11 is 0. The van der Waals surface area contributed by atoms with Crippen molar-refractivity contribution in [1.82, 2.24) is 19.9 Å². The van der Waals surface area contributed by atoms with Crippen molar-refractivity contribution in [3.8, 4) is 5.75 Å². The molecule has 2 aromatic heterocycles. The van der Waals surface area contributed by atoms with Crippen LogP contribution in [-0.4, -0.2) is 38.7 Å². The molecule has 4 heterocycles. The summed E-state index contributed by atoms with van der Waals surface area (Å²) in [5, 5.41) is 1.17. The number of nitrogens with zero attached hydrogens (tertiary/aromatic N) is 4. The largest absolute Gasteiger partial charge is 0.488 e. The molecule has 6 rings (SSSR count). The van der Waals surface area contributed by atoms with Crippen LogP contribution in [0.5, 0.6) is 5.75 Å². The average Bonchev–Trinajstić information content (AvgIpc) is 3.31. The number of aromatic amines is 1. The van der Waals surface area contributed by atoms with E-state index < -0.39 is 0 Å². The molecule has 0 spiro atoms. The first-order valence-electron chi connectivity index (χ1n) is 12.2. The fourth-order valence-corrected chi connectivity index (χ4v) is 4.97. The highest BCUT2D eigenvalue weighted by atomic mass is 16.5. The topological polar surface area (TPSA) is 66.4 Å². The summed E-state index contributed by atoms with van der Waals surface area (Å²) in [6.07, 6.45) is 8.45. The lowest BCUT2D eigenvalue weighted by Crippen LogP contribution is -2.31. The molecule has 0 saturated heterocycles. The maximum atomic E-state index is 6.25. The number of H-pyrrole nitrogens is 1. The van der Waals surface area contributed by atoms with Gasteiger partial charge in [0.15, 0.2) is 5.82 Å². The molecular formula is C28H29N5O. The fourth-order valence-electron chi connectivity index (χ4n) is 4.97. The lowest BCUT2D eigenvalue weighted by atomic mass is 10.0. The first-order chi connectivity index (χ1) is 16.8. The third-order valence-corrected chi connectivity index (χ3v) is 6.78. The van der Waals surface area contributed by atoms with Crippen LogP contribution in [0.4, 0.5) is 0 Å². The van der Waals surface area contributed by atoms with Crippen molar-refractivity contribution in [2.45, 2.75) is 45.4 Å². The molecule has 0 bridgehead atoms. The molecule has 172 valence electrons. The zero-order valence-electron chi connectivity index (χ0n) is 19.3. The number of nitrogens with one attached hydrogen (secondary N) is 1.